The van der Waals surface area contributed by atoms with Gasteiger partial charge < -0.3 is 10.1 Å². The smallest absolute Gasteiger partial charge is 0.134 e. The summed E-state index contributed by atoms with van der Waals surface area (Å²) < 4.78 is 5.24. The Hall–Kier alpha value is -2.62. The molecule has 0 radical (unpaired) electrons. The highest BCUT2D eigenvalue weighted by molar-refractivity contribution is 5.92. The number of hydrogen-bond acceptors (Lipinski definition) is 4. The summed E-state index contributed by atoms with van der Waals surface area (Å²) in [6.45, 7) is 0.723. The van der Waals surface area contributed by atoms with E-state index in [0.717, 1.165) is 28.9 Å². The first-order chi connectivity index (χ1) is 9.86. The number of pyridine rings is 2. The van der Waals surface area contributed by atoms with Crippen molar-refractivity contribution in [1.29, 1.82) is 0 Å². The highest BCUT2D eigenvalue weighted by Crippen LogP contribution is 2.25. The first-order valence-electron chi connectivity index (χ1n) is 6.42. The molecular formula is C16H15N3O. The van der Waals surface area contributed by atoms with Crippen LogP contribution in [0.1, 0.15) is 5.56 Å². The molecule has 4 heteroatoms. The van der Waals surface area contributed by atoms with E-state index in [1.165, 1.54) is 5.56 Å². The zero-order valence-corrected chi connectivity index (χ0v) is 11.2. The summed E-state index contributed by atoms with van der Waals surface area (Å²) in [5, 5.41) is 5.56. The molecular weight excluding hydrogens is 250 g/mol. The average molecular weight is 265 g/mol. The third-order valence-electron chi connectivity index (χ3n) is 3.18. The molecule has 0 saturated carbocycles. The SMILES string of the molecule is COc1ccc2c(NCc3ccncc3)nccc2c1. The molecule has 0 aliphatic rings. The Balaban J connectivity index is 1.88. The Morgan fingerprint density at radius 3 is 2.70 bits per heavy atom. The predicted octanol–water partition coefficient (Wildman–Crippen LogP) is 3.25. The van der Waals surface area contributed by atoms with Gasteiger partial charge in [0.05, 0.1) is 7.11 Å². The summed E-state index contributed by atoms with van der Waals surface area (Å²) in [6.07, 6.45) is 5.38. The molecule has 20 heavy (non-hydrogen) atoms. The molecule has 3 rings (SSSR count). The number of nitrogens with one attached hydrogen (secondary N) is 1. The summed E-state index contributed by atoms with van der Waals surface area (Å²) >= 11 is 0. The molecule has 4 nitrogen and oxygen atoms in total. The quantitative estimate of drug-likeness (QED) is 0.786. The minimum Gasteiger partial charge on any atom is -0.497 e. The molecule has 1 N–H and O–H groups in total. The Morgan fingerprint density at radius 1 is 1.05 bits per heavy atom. The van der Waals surface area contributed by atoms with Crippen molar-refractivity contribution in [3.8, 4) is 5.75 Å². The topological polar surface area (TPSA) is 47.0 Å². The summed E-state index contributed by atoms with van der Waals surface area (Å²) in [6, 6.07) is 11.9. The molecule has 1 aromatic carbocycles. The highest BCUT2D eigenvalue weighted by Gasteiger charge is 2.03. The van der Waals surface area contributed by atoms with Crippen molar-refractivity contribution < 1.29 is 4.74 Å². The summed E-state index contributed by atoms with van der Waals surface area (Å²) in [4.78, 5) is 8.42. The first-order valence-corrected chi connectivity index (χ1v) is 6.42. The van der Waals surface area contributed by atoms with Crippen molar-refractivity contribution >= 4 is 16.6 Å². The standard InChI is InChI=1S/C16H15N3O/c1-20-14-2-3-15-13(10-14)6-9-18-16(15)19-11-12-4-7-17-8-5-12/h2-10H,11H2,1H3,(H,18,19). The van der Waals surface area contributed by atoms with Crippen molar-refractivity contribution in [2.45, 2.75) is 6.54 Å². The number of ether oxygens (including phenoxy) is 1. The second kappa shape index (κ2) is 5.57. The van der Waals surface area contributed by atoms with E-state index in [1.54, 1.807) is 25.7 Å². The van der Waals surface area contributed by atoms with Gasteiger partial charge in [0.25, 0.3) is 0 Å². The van der Waals surface area contributed by atoms with Gasteiger partial charge in [-0.2, -0.15) is 0 Å². The van der Waals surface area contributed by atoms with Crippen molar-refractivity contribution in [3.63, 3.8) is 0 Å². The zero-order chi connectivity index (χ0) is 13.8. The number of anilines is 1. The van der Waals surface area contributed by atoms with Crippen molar-refractivity contribution in [2.24, 2.45) is 0 Å². The molecule has 2 aromatic heterocycles. The maximum absolute atomic E-state index is 5.24. The predicted molar refractivity (Wildman–Crippen MR) is 79.9 cm³/mol. The molecule has 0 bridgehead atoms. The number of rotatable bonds is 4. The lowest BCUT2D eigenvalue weighted by Crippen LogP contribution is -2.01. The fraction of sp³-hybridized carbons (Fsp3) is 0.125. The molecule has 0 spiro atoms. The van der Waals surface area contributed by atoms with Crippen LogP contribution in [-0.2, 0) is 6.54 Å². The molecule has 0 aliphatic carbocycles. The Morgan fingerprint density at radius 2 is 1.90 bits per heavy atom. The molecule has 0 fully saturated rings. The van der Waals surface area contributed by atoms with Crippen molar-refractivity contribution in [1.82, 2.24) is 9.97 Å². The highest BCUT2D eigenvalue weighted by atomic mass is 16.5. The monoisotopic (exact) mass is 265 g/mol. The maximum atomic E-state index is 5.24. The molecule has 3 aromatic rings. The van der Waals surface area contributed by atoms with Gasteiger partial charge in [-0.1, -0.05) is 0 Å². The molecule has 0 unspecified atom stereocenters. The lowest BCUT2D eigenvalue weighted by molar-refractivity contribution is 0.415. The third-order valence-corrected chi connectivity index (χ3v) is 3.18. The average Bonchev–Trinajstić information content (AvgIpc) is 2.53. The number of aromatic nitrogens is 2. The molecule has 100 valence electrons. The van der Waals surface area contributed by atoms with E-state index >= 15 is 0 Å². The van der Waals surface area contributed by atoms with E-state index in [1.807, 2.05) is 36.4 Å². The number of fused-ring (bicyclic) bond motifs is 1. The van der Waals surface area contributed by atoms with Gasteiger partial charge >= 0.3 is 0 Å². The lowest BCUT2D eigenvalue weighted by atomic mass is 10.1. The van der Waals surface area contributed by atoms with Crippen LogP contribution in [-0.4, -0.2) is 17.1 Å². The molecule has 0 aliphatic heterocycles. The number of methoxy groups -OCH3 is 1. The summed E-state index contributed by atoms with van der Waals surface area (Å²) in [5.74, 6) is 1.73. The van der Waals surface area contributed by atoms with E-state index < -0.39 is 0 Å². The fourth-order valence-electron chi connectivity index (χ4n) is 2.11. The van der Waals surface area contributed by atoms with Crippen LogP contribution in [0.2, 0.25) is 0 Å². The van der Waals surface area contributed by atoms with Crippen LogP contribution in [0.5, 0.6) is 5.75 Å². The Bertz CT molecular complexity index is 713. The van der Waals surface area contributed by atoms with Crippen LogP contribution in [0.4, 0.5) is 5.82 Å². The van der Waals surface area contributed by atoms with Crippen LogP contribution in [0.15, 0.2) is 55.0 Å². The van der Waals surface area contributed by atoms with E-state index in [0.29, 0.717) is 0 Å². The van der Waals surface area contributed by atoms with Gasteiger partial charge in [-0.3, -0.25) is 4.98 Å². The van der Waals surface area contributed by atoms with Gasteiger partial charge in [0.15, 0.2) is 0 Å². The minimum absolute atomic E-state index is 0.723. The first kappa shape index (κ1) is 12.4. The van der Waals surface area contributed by atoms with E-state index in [4.69, 9.17) is 4.74 Å². The van der Waals surface area contributed by atoms with Crippen LogP contribution in [0.25, 0.3) is 10.8 Å². The van der Waals surface area contributed by atoms with Gasteiger partial charge in [0.2, 0.25) is 0 Å². The Labute approximate surface area is 117 Å². The number of benzene rings is 1. The van der Waals surface area contributed by atoms with Crippen LogP contribution in [0.3, 0.4) is 0 Å². The number of hydrogen-bond donors (Lipinski definition) is 1. The maximum Gasteiger partial charge on any atom is 0.134 e. The normalized spacial score (nSPS) is 10.4. The largest absolute Gasteiger partial charge is 0.497 e. The van der Waals surface area contributed by atoms with E-state index in [-0.39, 0.29) is 0 Å². The third kappa shape index (κ3) is 2.54. The van der Waals surface area contributed by atoms with Gasteiger partial charge in [-0.05, 0) is 47.3 Å². The van der Waals surface area contributed by atoms with Crippen LogP contribution >= 0.6 is 0 Å². The van der Waals surface area contributed by atoms with Gasteiger partial charge in [-0.15, -0.1) is 0 Å². The second-order valence-corrected chi connectivity index (χ2v) is 4.46. The van der Waals surface area contributed by atoms with E-state index in [2.05, 4.69) is 15.3 Å². The molecule has 2 heterocycles. The fourth-order valence-corrected chi connectivity index (χ4v) is 2.11. The Kier molecular flexibility index (Phi) is 3.46. The van der Waals surface area contributed by atoms with Crippen LogP contribution < -0.4 is 10.1 Å². The molecule has 0 amide bonds. The van der Waals surface area contributed by atoms with E-state index in [9.17, 15) is 0 Å². The number of nitrogens with zero attached hydrogens (tertiary/aromatic N) is 2. The van der Waals surface area contributed by atoms with Crippen molar-refractivity contribution in [2.75, 3.05) is 12.4 Å². The van der Waals surface area contributed by atoms with Crippen LogP contribution in [0, 0.1) is 0 Å². The molecule has 0 atom stereocenters. The van der Waals surface area contributed by atoms with Gasteiger partial charge in [0, 0.05) is 30.5 Å². The summed E-state index contributed by atoms with van der Waals surface area (Å²) in [5.41, 5.74) is 1.17. The second-order valence-electron chi connectivity index (χ2n) is 4.46. The van der Waals surface area contributed by atoms with Gasteiger partial charge in [-0.25, -0.2) is 4.98 Å². The minimum atomic E-state index is 0.723. The summed E-state index contributed by atoms with van der Waals surface area (Å²) in [7, 11) is 1.67. The zero-order valence-electron chi connectivity index (χ0n) is 11.2. The van der Waals surface area contributed by atoms with Crippen molar-refractivity contribution in [3.05, 3.63) is 60.6 Å². The lowest BCUT2D eigenvalue weighted by Gasteiger charge is -2.09. The van der Waals surface area contributed by atoms with Gasteiger partial charge in [0.1, 0.15) is 11.6 Å². The molecule has 0 saturated heterocycles.